The number of nitrogens with one attached hydrogen (secondary N) is 2. The highest BCUT2D eigenvalue weighted by Crippen LogP contribution is 2.29. The van der Waals surface area contributed by atoms with E-state index < -0.39 is 29.6 Å². The number of aromatic hydroxyl groups is 1. The lowest BCUT2D eigenvalue weighted by Crippen LogP contribution is -2.44. The van der Waals surface area contributed by atoms with Crippen LogP contribution in [0.4, 0.5) is 13.2 Å². The molecule has 2 aromatic carbocycles. The predicted octanol–water partition coefficient (Wildman–Crippen LogP) is 4.58. The molecule has 28 heavy (non-hydrogen) atoms. The summed E-state index contributed by atoms with van der Waals surface area (Å²) >= 11 is 0. The molecule has 3 N–H and O–H groups in total. The molecule has 150 valence electrons. The van der Waals surface area contributed by atoms with Crippen molar-refractivity contribution in [1.29, 1.82) is 0 Å². The number of hydrogen-bond donors (Lipinski definition) is 3. The second-order valence-corrected chi connectivity index (χ2v) is 8.14. The molecule has 0 spiro atoms. The molecule has 8 heteroatoms. The summed E-state index contributed by atoms with van der Waals surface area (Å²) in [5, 5.41) is 10.1. The molecule has 0 saturated heterocycles. The zero-order chi connectivity index (χ0) is 20.6. The molecule has 4 nitrogen and oxygen atoms in total. The van der Waals surface area contributed by atoms with Gasteiger partial charge < -0.3 is 10.1 Å². The predicted molar refractivity (Wildman–Crippen MR) is 104 cm³/mol. The Morgan fingerprint density at radius 1 is 1.14 bits per heavy atom. The molecule has 0 aliphatic rings. The molecular formula is C20H21F3N2O2S. The highest BCUT2D eigenvalue weighted by atomic mass is 32.2. The first-order valence-electron chi connectivity index (χ1n) is 8.67. The number of alkyl halides is 3. The van der Waals surface area contributed by atoms with Gasteiger partial charge in [0.05, 0.1) is 4.90 Å². The molecular weight excluding hydrogens is 389 g/mol. The van der Waals surface area contributed by atoms with Crippen molar-refractivity contribution in [2.45, 2.75) is 44.3 Å². The third kappa shape index (κ3) is 4.23. The summed E-state index contributed by atoms with van der Waals surface area (Å²) in [5.74, 6) is -0.0284. The van der Waals surface area contributed by atoms with E-state index in [9.17, 15) is 22.5 Å². The van der Waals surface area contributed by atoms with Crippen LogP contribution in [0.2, 0.25) is 0 Å². The number of rotatable bonds is 5. The zero-order valence-electron chi connectivity index (χ0n) is 15.6. The van der Waals surface area contributed by atoms with E-state index >= 15 is 0 Å². The summed E-state index contributed by atoms with van der Waals surface area (Å²) in [5.41, 5.74) is 3.33. The van der Waals surface area contributed by atoms with Crippen LogP contribution in [0.1, 0.15) is 22.3 Å². The first kappa shape index (κ1) is 20.4. The number of aryl methyl sites for hydroxylation is 3. The number of hydrogen-bond acceptors (Lipinski definition) is 2. The van der Waals surface area contributed by atoms with E-state index in [0.29, 0.717) is 32.5 Å². The van der Waals surface area contributed by atoms with Crippen LogP contribution in [-0.2, 0) is 17.4 Å². The summed E-state index contributed by atoms with van der Waals surface area (Å²) < 4.78 is 56.0. The average molecular weight is 410 g/mol. The Bertz CT molecular complexity index is 1020. The highest BCUT2D eigenvalue weighted by Gasteiger charge is 2.41. The highest BCUT2D eigenvalue weighted by molar-refractivity contribution is 7.83. The van der Waals surface area contributed by atoms with E-state index in [1.165, 1.54) is 18.3 Å². The normalized spacial score (nSPS) is 14.4. The van der Waals surface area contributed by atoms with Crippen LogP contribution in [0.3, 0.4) is 0 Å². The number of halogens is 3. The summed E-state index contributed by atoms with van der Waals surface area (Å²) in [7, 11) is -2.02. The van der Waals surface area contributed by atoms with Crippen molar-refractivity contribution >= 4 is 21.9 Å². The second kappa shape index (κ2) is 7.60. The van der Waals surface area contributed by atoms with Gasteiger partial charge in [-0.2, -0.15) is 13.2 Å². The number of phenolic OH excluding ortho intramolecular Hbond substituents is 1. The quantitative estimate of drug-likeness (QED) is 0.576. The third-order valence-electron chi connectivity index (χ3n) is 4.61. The van der Waals surface area contributed by atoms with Gasteiger partial charge in [-0.15, -0.1) is 0 Å². The lowest BCUT2D eigenvalue weighted by Gasteiger charge is -2.22. The van der Waals surface area contributed by atoms with Crippen LogP contribution in [0.15, 0.2) is 41.4 Å². The van der Waals surface area contributed by atoms with E-state index in [1.807, 2.05) is 6.92 Å². The second-order valence-electron chi connectivity index (χ2n) is 6.96. The van der Waals surface area contributed by atoms with Crippen molar-refractivity contribution < 1.29 is 22.5 Å². The first-order valence-corrected chi connectivity index (χ1v) is 9.82. The molecule has 1 aromatic heterocycles. The van der Waals surface area contributed by atoms with Gasteiger partial charge in [-0.05, 0) is 62.1 Å². The first-order chi connectivity index (χ1) is 13.1. The Balaban J connectivity index is 1.91. The van der Waals surface area contributed by atoms with Gasteiger partial charge in [-0.3, -0.25) is 0 Å². The maximum absolute atomic E-state index is 13.7. The maximum Gasteiger partial charge on any atom is 0.405 e. The number of fused-ring (bicyclic) bond motifs is 1. The Labute approximate surface area is 163 Å². The van der Waals surface area contributed by atoms with Crippen molar-refractivity contribution in [2.75, 3.05) is 0 Å². The van der Waals surface area contributed by atoms with Gasteiger partial charge in [0.1, 0.15) is 22.8 Å². The van der Waals surface area contributed by atoms with Gasteiger partial charge in [-0.1, -0.05) is 17.7 Å². The van der Waals surface area contributed by atoms with Crippen LogP contribution in [-0.4, -0.2) is 26.5 Å². The molecule has 2 unspecified atom stereocenters. The minimum Gasteiger partial charge on any atom is -0.508 e. The van der Waals surface area contributed by atoms with Crippen molar-refractivity contribution in [3.63, 3.8) is 0 Å². The smallest absolute Gasteiger partial charge is 0.405 e. The molecule has 0 amide bonds. The fourth-order valence-electron chi connectivity index (χ4n) is 3.43. The van der Waals surface area contributed by atoms with Gasteiger partial charge in [0.25, 0.3) is 0 Å². The van der Waals surface area contributed by atoms with Gasteiger partial charge in [0, 0.05) is 17.1 Å². The Morgan fingerprint density at radius 2 is 1.79 bits per heavy atom. The zero-order valence-corrected chi connectivity index (χ0v) is 16.5. The molecule has 0 saturated carbocycles. The van der Waals surface area contributed by atoms with Gasteiger partial charge in [0.2, 0.25) is 0 Å². The van der Waals surface area contributed by atoms with E-state index in [1.54, 1.807) is 32.0 Å². The molecule has 0 aliphatic carbocycles. The number of aromatic nitrogens is 1. The topological polar surface area (TPSA) is 65.1 Å². The molecule has 2 atom stereocenters. The van der Waals surface area contributed by atoms with Crippen molar-refractivity contribution in [3.05, 3.63) is 58.8 Å². The third-order valence-corrected chi connectivity index (χ3v) is 6.12. The Morgan fingerprint density at radius 3 is 2.39 bits per heavy atom. The van der Waals surface area contributed by atoms with Gasteiger partial charge in [-0.25, -0.2) is 8.93 Å². The van der Waals surface area contributed by atoms with E-state index in [-0.39, 0.29) is 5.75 Å². The van der Waals surface area contributed by atoms with Crippen LogP contribution < -0.4 is 4.72 Å². The summed E-state index contributed by atoms with van der Waals surface area (Å²) in [6.45, 7) is 5.35. The molecule has 0 radical (unpaired) electrons. The number of H-pyrrole nitrogens is 1. The maximum atomic E-state index is 13.7. The molecule has 0 bridgehead atoms. The van der Waals surface area contributed by atoms with Crippen LogP contribution in [0.25, 0.3) is 10.9 Å². The number of phenols is 1. The van der Waals surface area contributed by atoms with Gasteiger partial charge >= 0.3 is 6.18 Å². The number of aromatic amines is 1. The van der Waals surface area contributed by atoms with Crippen molar-refractivity contribution in [1.82, 2.24) is 9.71 Å². The summed E-state index contributed by atoms with van der Waals surface area (Å²) in [6, 6.07) is 6.07. The molecule has 3 aromatic rings. The minimum absolute atomic E-state index is 0.0284. The van der Waals surface area contributed by atoms with E-state index in [2.05, 4.69) is 9.71 Å². The molecule has 3 rings (SSSR count). The summed E-state index contributed by atoms with van der Waals surface area (Å²) in [6.07, 6.45) is -3.53. The lowest BCUT2D eigenvalue weighted by atomic mass is 10.1. The molecule has 0 fully saturated rings. The van der Waals surface area contributed by atoms with Gasteiger partial charge in [0.15, 0.2) is 0 Å². The largest absolute Gasteiger partial charge is 0.508 e. The molecule has 1 heterocycles. The Kier molecular flexibility index (Phi) is 5.54. The average Bonchev–Trinajstić information content (AvgIpc) is 2.94. The minimum atomic E-state index is -4.59. The Hall–Kier alpha value is -2.32. The SMILES string of the molecule is Cc1cc(C)c(S(=O)NC(Cc2c[nH]c3ccc(O)cc23)C(F)(F)F)c(C)c1. The standard InChI is InChI=1S/C20H21F3N2O2S/c1-11-6-12(2)19(13(3)7-11)28(27)25-18(20(21,22)23)8-14-10-24-17-5-4-15(26)9-16(14)17/h4-7,9-10,18,24-26H,8H2,1-3H3. The van der Waals surface area contributed by atoms with Crippen LogP contribution >= 0.6 is 0 Å². The van der Waals surface area contributed by atoms with Crippen molar-refractivity contribution in [2.24, 2.45) is 0 Å². The fraction of sp³-hybridized carbons (Fsp3) is 0.300. The van der Waals surface area contributed by atoms with Crippen LogP contribution in [0, 0.1) is 20.8 Å². The summed E-state index contributed by atoms with van der Waals surface area (Å²) in [4.78, 5) is 3.27. The number of benzene rings is 2. The van der Waals surface area contributed by atoms with Crippen LogP contribution in [0.5, 0.6) is 5.75 Å². The van der Waals surface area contributed by atoms with E-state index in [4.69, 9.17) is 0 Å². The molecule has 0 aliphatic heterocycles. The van der Waals surface area contributed by atoms with E-state index in [0.717, 1.165) is 5.56 Å². The fourth-order valence-corrected chi connectivity index (χ4v) is 4.72. The monoisotopic (exact) mass is 410 g/mol. The van der Waals surface area contributed by atoms with Crippen molar-refractivity contribution in [3.8, 4) is 5.75 Å². The lowest BCUT2D eigenvalue weighted by molar-refractivity contribution is -0.150.